The van der Waals surface area contributed by atoms with Crippen molar-refractivity contribution in [3.05, 3.63) is 60.7 Å². The van der Waals surface area contributed by atoms with Crippen molar-refractivity contribution in [2.45, 2.75) is 18.9 Å². The molecule has 1 heteroatoms. The molecule has 0 fully saturated rings. The number of benzene rings is 1. The van der Waals surface area contributed by atoms with Gasteiger partial charge in [0.05, 0.1) is 0 Å². The fourth-order valence-electron chi connectivity index (χ4n) is 1.94. The third-order valence-corrected chi connectivity index (χ3v) is 2.70. The summed E-state index contributed by atoms with van der Waals surface area (Å²) in [5, 5.41) is 0. The predicted molar refractivity (Wildman–Crippen MR) is 68.5 cm³/mol. The molecule has 1 aromatic carbocycles. The summed E-state index contributed by atoms with van der Waals surface area (Å²) in [6, 6.07) is 8.10. The van der Waals surface area contributed by atoms with Gasteiger partial charge in [0.2, 0.25) is 0 Å². The predicted octanol–water partition coefficient (Wildman–Crippen LogP) is 3.98. The summed E-state index contributed by atoms with van der Waals surface area (Å²) in [7, 11) is 0. The Kier molecular flexibility index (Phi) is 3.25. The molecule has 0 saturated carbocycles. The van der Waals surface area contributed by atoms with Crippen molar-refractivity contribution < 1.29 is 4.74 Å². The van der Waals surface area contributed by atoms with Crippen LogP contribution in [0, 0.1) is 0 Å². The molecule has 1 aromatic rings. The van der Waals surface area contributed by atoms with Crippen LogP contribution >= 0.6 is 0 Å². The van der Waals surface area contributed by atoms with E-state index in [2.05, 4.69) is 25.3 Å². The Balaban J connectivity index is 2.34. The van der Waals surface area contributed by atoms with Gasteiger partial charge in [-0.3, -0.25) is 0 Å². The van der Waals surface area contributed by atoms with Crippen LogP contribution in [0.3, 0.4) is 0 Å². The summed E-state index contributed by atoms with van der Waals surface area (Å²) in [6.07, 6.45) is 7.84. The van der Waals surface area contributed by atoms with Crippen molar-refractivity contribution in [1.29, 1.82) is 0 Å². The lowest BCUT2D eigenvalue weighted by atomic mass is 9.97. The highest BCUT2D eigenvalue weighted by molar-refractivity contribution is 5.63. The summed E-state index contributed by atoms with van der Waals surface area (Å²) in [5.74, 6) is 0.960. The summed E-state index contributed by atoms with van der Waals surface area (Å²) in [6.45, 7) is 7.56. The van der Waals surface area contributed by atoms with E-state index in [1.165, 1.54) is 5.57 Å². The Morgan fingerprint density at radius 2 is 2.00 bits per heavy atom. The van der Waals surface area contributed by atoms with Crippen LogP contribution < -0.4 is 4.74 Å². The summed E-state index contributed by atoms with van der Waals surface area (Å²) < 4.78 is 5.95. The molecule has 0 aliphatic carbocycles. The van der Waals surface area contributed by atoms with Crippen molar-refractivity contribution in [3.63, 3.8) is 0 Å². The first-order chi connectivity index (χ1) is 7.85. The first kappa shape index (κ1) is 10.7. The molecule has 0 bridgehead atoms. The quantitative estimate of drug-likeness (QED) is 0.686. The van der Waals surface area contributed by atoms with Gasteiger partial charge in [-0.25, -0.2) is 0 Å². The van der Waals surface area contributed by atoms with Crippen LogP contribution in [0.15, 0.2) is 55.1 Å². The number of hydrogen-bond acceptors (Lipinski definition) is 1. The molecule has 0 radical (unpaired) electrons. The van der Waals surface area contributed by atoms with E-state index in [9.17, 15) is 0 Å². The smallest absolute Gasteiger partial charge is 0.127 e. The normalized spacial score (nSPS) is 18.0. The van der Waals surface area contributed by atoms with Gasteiger partial charge in [0, 0.05) is 12.0 Å². The van der Waals surface area contributed by atoms with Gasteiger partial charge < -0.3 is 4.74 Å². The van der Waals surface area contributed by atoms with Gasteiger partial charge >= 0.3 is 0 Å². The van der Waals surface area contributed by atoms with Gasteiger partial charge in [-0.2, -0.15) is 0 Å². The Labute approximate surface area is 96.8 Å². The van der Waals surface area contributed by atoms with Gasteiger partial charge in [-0.05, 0) is 24.1 Å². The molecule has 1 nitrogen and oxygen atoms in total. The second kappa shape index (κ2) is 4.84. The maximum absolute atomic E-state index is 5.95. The Hall–Kier alpha value is -1.76. The monoisotopic (exact) mass is 212 g/mol. The third-order valence-electron chi connectivity index (χ3n) is 2.70. The minimum atomic E-state index is 0.116. The number of fused-ring (bicyclic) bond motifs is 1. The second-order valence-corrected chi connectivity index (χ2v) is 3.88. The van der Waals surface area contributed by atoms with Crippen LogP contribution in [-0.2, 0) is 0 Å². The van der Waals surface area contributed by atoms with E-state index in [0.717, 1.165) is 24.2 Å². The number of para-hydroxylation sites is 1. The second-order valence-electron chi connectivity index (χ2n) is 3.88. The maximum atomic E-state index is 5.95. The molecule has 0 amide bonds. The number of allylic oxidation sites excluding steroid dienone is 1. The molecule has 1 unspecified atom stereocenters. The maximum Gasteiger partial charge on any atom is 0.127 e. The molecule has 16 heavy (non-hydrogen) atoms. The van der Waals surface area contributed by atoms with Gasteiger partial charge in [0.15, 0.2) is 0 Å². The molecule has 82 valence electrons. The van der Waals surface area contributed by atoms with Gasteiger partial charge in [-0.1, -0.05) is 30.4 Å². The molecule has 0 saturated heterocycles. The van der Waals surface area contributed by atoms with E-state index in [-0.39, 0.29) is 6.10 Å². The van der Waals surface area contributed by atoms with Crippen LogP contribution in [0.25, 0.3) is 6.08 Å². The van der Waals surface area contributed by atoms with Crippen molar-refractivity contribution in [1.82, 2.24) is 0 Å². The highest BCUT2D eigenvalue weighted by Crippen LogP contribution is 2.32. The Morgan fingerprint density at radius 1 is 1.19 bits per heavy atom. The highest BCUT2D eigenvalue weighted by atomic mass is 16.5. The number of rotatable bonds is 4. The van der Waals surface area contributed by atoms with E-state index < -0.39 is 0 Å². The minimum Gasteiger partial charge on any atom is -0.485 e. The average Bonchev–Trinajstić information content (AvgIpc) is 2.30. The standard InChI is InChI=1S/C15H16O/c1-3-7-12-11-13-9-5-6-10-15(13)16-14(12)8-4-2/h3-6,9-11,14H,1-2,7-8H2. The zero-order chi connectivity index (χ0) is 11.4. The molecule has 1 aliphatic heterocycles. The van der Waals surface area contributed by atoms with Crippen LogP contribution in [-0.4, -0.2) is 6.10 Å². The SMILES string of the molecule is C=CCC1=Cc2ccccc2OC1CC=C. The molecule has 0 aromatic heterocycles. The lowest BCUT2D eigenvalue weighted by Crippen LogP contribution is -2.21. The van der Waals surface area contributed by atoms with Crippen LogP contribution in [0.2, 0.25) is 0 Å². The van der Waals surface area contributed by atoms with Crippen LogP contribution in [0.1, 0.15) is 18.4 Å². The zero-order valence-electron chi connectivity index (χ0n) is 9.36. The van der Waals surface area contributed by atoms with E-state index >= 15 is 0 Å². The first-order valence-corrected chi connectivity index (χ1v) is 5.53. The minimum absolute atomic E-state index is 0.116. The molecular formula is C15H16O. The van der Waals surface area contributed by atoms with Crippen molar-refractivity contribution in [3.8, 4) is 5.75 Å². The molecule has 2 rings (SSSR count). The largest absolute Gasteiger partial charge is 0.485 e. The van der Waals surface area contributed by atoms with Crippen LogP contribution in [0.5, 0.6) is 5.75 Å². The van der Waals surface area contributed by atoms with E-state index in [4.69, 9.17) is 4.74 Å². The lowest BCUT2D eigenvalue weighted by Gasteiger charge is -2.26. The molecule has 1 aliphatic rings. The van der Waals surface area contributed by atoms with Crippen molar-refractivity contribution >= 4 is 6.08 Å². The molecule has 1 heterocycles. The lowest BCUT2D eigenvalue weighted by molar-refractivity contribution is 0.234. The number of ether oxygens (including phenoxy) is 1. The van der Waals surface area contributed by atoms with E-state index in [1.807, 2.05) is 30.4 Å². The summed E-state index contributed by atoms with van der Waals surface area (Å²) in [5.41, 5.74) is 2.42. The van der Waals surface area contributed by atoms with Crippen LogP contribution in [0.4, 0.5) is 0 Å². The molecule has 0 spiro atoms. The van der Waals surface area contributed by atoms with Gasteiger partial charge in [0.1, 0.15) is 11.9 Å². The first-order valence-electron chi connectivity index (χ1n) is 5.53. The third kappa shape index (κ3) is 2.08. The Bertz CT molecular complexity index is 429. The average molecular weight is 212 g/mol. The molecule has 1 atom stereocenters. The van der Waals surface area contributed by atoms with E-state index in [0.29, 0.717) is 0 Å². The topological polar surface area (TPSA) is 9.23 Å². The van der Waals surface area contributed by atoms with Gasteiger partial charge in [-0.15, -0.1) is 13.2 Å². The van der Waals surface area contributed by atoms with Crippen molar-refractivity contribution in [2.75, 3.05) is 0 Å². The Morgan fingerprint density at radius 3 is 2.75 bits per heavy atom. The zero-order valence-corrected chi connectivity index (χ0v) is 9.36. The molecular weight excluding hydrogens is 196 g/mol. The number of hydrogen-bond donors (Lipinski definition) is 0. The molecule has 0 N–H and O–H groups in total. The fourth-order valence-corrected chi connectivity index (χ4v) is 1.94. The summed E-state index contributed by atoms with van der Waals surface area (Å²) >= 11 is 0. The highest BCUT2D eigenvalue weighted by Gasteiger charge is 2.19. The summed E-state index contributed by atoms with van der Waals surface area (Å²) in [4.78, 5) is 0. The fraction of sp³-hybridized carbons (Fsp3) is 0.200. The van der Waals surface area contributed by atoms with Gasteiger partial charge in [0.25, 0.3) is 0 Å². The van der Waals surface area contributed by atoms with Crippen molar-refractivity contribution in [2.24, 2.45) is 0 Å². The van der Waals surface area contributed by atoms with E-state index in [1.54, 1.807) is 0 Å².